The van der Waals surface area contributed by atoms with Gasteiger partial charge < -0.3 is 15.2 Å². The average molecular weight is 406 g/mol. The summed E-state index contributed by atoms with van der Waals surface area (Å²) in [7, 11) is 0. The highest BCUT2D eigenvalue weighted by Gasteiger charge is 2.19. The zero-order valence-electron chi connectivity index (χ0n) is 14.0. The van der Waals surface area contributed by atoms with Crippen LogP contribution in [0.15, 0.2) is 53.0 Å². The van der Waals surface area contributed by atoms with Crippen molar-refractivity contribution in [2.45, 2.75) is 32.4 Å². The Hall–Kier alpha value is -2.34. The molecule has 2 N–H and O–H groups in total. The predicted molar refractivity (Wildman–Crippen MR) is 98.8 cm³/mol. The molecule has 0 radical (unpaired) electrons. The fourth-order valence-electron chi connectivity index (χ4n) is 2.35. The minimum Gasteiger partial charge on any atom is -0.491 e. The van der Waals surface area contributed by atoms with Gasteiger partial charge in [-0.05, 0) is 49.7 Å². The van der Waals surface area contributed by atoms with E-state index in [0.717, 1.165) is 4.47 Å². The van der Waals surface area contributed by atoms with Crippen molar-refractivity contribution in [3.05, 3.63) is 64.1 Å². The third-order valence-corrected chi connectivity index (χ3v) is 3.92. The predicted octanol–water partition coefficient (Wildman–Crippen LogP) is 4.18. The number of halogens is 1. The van der Waals surface area contributed by atoms with Crippen LogP contribution in [0.25, 0.3) is 0 Å². The molecule has 0 fully saturated rings. The lowest BCUT2D eigenvalue weighted by Gasteiger charge is -2.18. The van der Waals surface area contributed by atoms with Gasteiger partial charge in [-0.15, -0.1) is 0 Å². The maximum Gasteiger partial charge on any atom is 0.305 e. The van der Waals surface area contributed by atoms with Gasteiger partial charge in [-0.1, -0.05) is 34.1 Å². The van der Waals surface area contributed by atoms with E-state index in [9.17, 15) is 9.59 Å². The number of carbonyl (C=O) groups is 2. The number of carboxylic acid groups (broad SMARTS) is 1. The van der Waals surface area contributed by atoms with Gasteiger partial charge in [0.15, 0.2) is 0 Å². The minimum atomic E-state index is -0.984. The van der Waals surface area contributed by atoms with Crippen LogP contribution in [-0.4, -0.2) is 23.1 Å². The number of hydrogen-bond donors (Lipinski definition) is 2. The second-order valence-electron chi connectivity index (χ2n) is 5.87. The molecule has 25 heavy (non-hydrogen) atoms. The quantitative estimate of drug-likeness (QED) is 0.724. The highest BCUT2D eigenvalue weighted by atomic mass is 79.9. The third kappa shape index (κ3) is 5.90. The molecule has 0 aliphatic heterocycles. The monoisotopic (exact) mass is 405 g/mol. The first-order valence-electron chi connectivity index (χ1n) is 7.90. The average Bonchev–Trinajstić information content (AvgIpc) is 2.54. The fraction of sp³-hybridized carbons (Fsp3) is 0.263. The third-order valence-electron chi connectivity index (χ3n) is 3.43. The molecule has 0 saturated carbocycles. The molecule has 0 spiro atoms. The number of carboxylic acids is 1. The van der Waals surface area contributed by atoms with Crippen molar-refractivity contribution in [2.75, 3.05) is 0 Å². The van der Waals surface area contributed by atoms with Crippen LogP contribution in [0.4, 0.5) is 0 Å². The first-order valence-corrected chi connectivity index (χ1v) is 8.69. The van der Waals surface area contributed by atoms with E-state index >= 15 is 0 Å². The largest absolute Gasteiger partial charge is 0.491 e. The highest BCUT2D eigenvalue weighted by molar-refractivity contribution is 9.10. The van der Waals surface area contributed by atoms with Crippen molar-refractivity contribution in [2.24, 2.45) is 0 Å². The van der Waals surface area contributed by atoms with E-state index in [0.29, 0.717) is 16.9 Å². The van der Waals surface area contributed by atoms with E-state index in [4.69, 9.17) is 9.84 Å². The Kier molecular flexibility index (Phi) is 6.58. The topological polar surface area (TPSA) is 75.6 Å². The summed E-state index contributed by atoms with van der Waals surface area (Å²) >= 11 is 3.32. The second kappa shape index (κ2) is 8.67. The molecule has 0 aromatic heterocycles. The summed E-state index contributed by atoms with van der Waals surface area (Å²) in [5, 5.41) is 11.9. The Balaban J connectivity index is 2.18. The summed E-state index contributed by atoms with van der Waals surface area (Å²) in [5.41, 5.74) is 1.17. The fourth-order valence-corrected chi connectivity index (χ4v) is 2.75. The molecule has 0 unspecified atom stereocenters. The molecule has 2 aromatic carbocycles. The SMILES string of the molecule is CC(C)Oc1ccc([C@@H](CC(=O)O)NC(=O)c2cccc(Br)c2)cc1. The van der Waals surface area contributed by atoms with Crippen LogP contribution >= 0.6 is 15.9 Å². The molecule has 0 saturated heterocycles. The number of carbonyl (C=O) groups excluding carboxylic acids is 1. The first-order chi connectivity index (χ1) is 11.8. The van der Waals surface area contributed by atoms with Crippen LogP contribution in [0.1, 0.15) is 42.2 Å². The molecule has 2 aromatic rings. The summed E-state index contributed by atoms with van der Waals surface area (Å²) < 4.78 is 6.37. The van der Waals surface area contributed by atoms with E-state index in [2.05, 4.69) is 21.2 Å². The molecule has 2 rings (SSSR count). The number of hydrogen-bond acceptors (Lipinski definition) is 3. The molecular weight excluding hydrogens is 386 g/mol. The van der Waals surface area contributed by atoms with Crippen molar-refractivity contribution in [3.63, 3.8) is 0 Å². The van der Waals surface area contributed by atoms with Gasteiger partial charge in [0.05, 0.1) is 18.6 Å². The molecule has 132 valence electrons. The number of nitrogens with one attached hydrogen (secondary N) is 1. The van der Waals surface area contributed by atoms with Gasteiger partial charge >= 0.3 is 5.97 Å². The van der Waals surface area contributed by atoms with Crippen LogP contribution < -0.4 is 10.1 Å². The van der Waals surface area contributed by atoms with Crippen LogP contribution in [-0.2, 0) is 4.79 Å². The Morgan fingerprint density at radius 2 is 1.84 bits per heavy atom. The zero-order chi connectivity index (χ0) is 18.4. The van der Waals surface area contributed by atoms with Crippen molar-refractivity contribution >= 4 is 27.8 Å². The standard InChI is InChI=1S/C19H20BrNO4/c1-12(2)25-16-8-6-13(7-9-16)17(11-18(22)23)21-19(24)14-4-3-5-15(20)10-14/h3-10,12,17H,11H2,1-2H3,(H,21,24)(H,22,23)/t17-/m1/s1. The van der Waals surface area contributed by atoms with Crippen LogP contribution in [0.2, 0.25) is 0 Å². The first kappa shape index (κ1) is 19.0. The van der Waals surface area contributed by atoms with Gasteiger partial charge in [-0.25, -0.2) is 0 Å². The second-order valence-corrected chi connectivity index (χ2v) is 6.79. The van der Waals surface area contributed by atoms with Gasteiger partial charge in [-0.3, -0.25) is 9.59 Å². The van der Waals surface area contributed by atoms with Gasteiger partial charge in [-0.2, -0.15) is 0 Å². The molecule has 6 heteroatoms. The molecule has 0 aliphatic carbocycles. The van der Waals surface area contributed by atoms with Crippen molar-refractivity contribution in [1.82, 2.24) is 5.32 Å². The number of amides is 1. The number of aliphatic carboxylic acids is 1. The number of rotatable bonds is 7. The van der Waals surface area contributed by atoms with Gasteiger partial charge in [0, 0.05) is 10.0 Å². The summed E-state index contributed by atoms with van der Waals surface area (Å²) in [6.07, 6.45) is -0.152. The Morgan fingerprint density at radius 3 is 2.40 bits per heavy atom. The van der Waals surface area contributed by atoms with E-state index < -0.39 is 12.0 Å². The van der Waals surface area contributed by atoms with Gasteiger partial charge in [0.25, 0.3) is 5.91 Å². The molecule has 0 aliphatic rings. The van der Waals surface area contributed by atoms with Gasteiger partial charge in [0.2, 0.25) is 0 Å². The Labute approximate surface area is 155 Å². The molecule has 0 heterocycles. The lowest BCUT2D eigenvalue weighted by molar-refractivity contribution is -0.137. The Morgan fingerprint density at radius 1 is 1.16 bits per heavy atom. The molecule has 0 bridgehead atoms. The van der Waals surface area contributed by atoms with Crippen molar-refractivity contribution in [3.8, 4) is 5.75 Å². The van der Waals surface area contributed by atoms with Gasteiger partial charge in [0.1, 0.15) is 5.75 Å². The van der Waals surface area contributed by atoms with Crippen molar-refractivity contribution in [1.29, 1.82) is 0 Å². The summed E-state index contributed by atoms with van der Waals surface area (Å²) in [5.74, 6) is -0.608. The lowest BCUT2D eigenvalue weighted by atomic mass is 10.0. The van der Waals surface area contributed by atoms with E-state index in [-0.39, 0.29) is 18.4 Å². The summed E-state index contributed by atoms with van der Waals surface area (Å²) in [4.78, 5) is 23.6. The van der Waals surface area contributed by atoms with E-state index in [1.54, 1.807) is 42.5 Å². The minimum absolute atomic E-state index is 0.0527. The molecule has 5 nitrogen and oxygen atoms in total. The van der Waals surface area contributed by atoms with Crippen LogP contribution in [0.3, 0.4) is 0 Å². The number of benzene rings is 2. The zero-order valence-corrected chi connectivity index (χ0v) is 15.6. The Bertz CT molecular complexity index is 743. The summed E-state index contributed by atoms with van der Waals surface area (Å²) in [6.45, 7) is 3.86. The summed E-state index contributed by atoms with van der Waals surface area (Å²) in [6, 6.07) is 13.4. The maximum atomic E-state index is 12.4. The van der Waals surface area contributed by atoms with Crippen molar-refractivity contribution < 1.29 is 19.4 Å². The number of ether oxygens (including phenoxy) is 1. The maximum absolute atomic E-state index is 12.4. The molecular formula is C19H20BrNO4. The molecule has 1 amide bonds. The van der Waals surface area contributed by atoms with Crippen LogP contribution in [0.5, 0.6) is 5.75 Å². The van der Waals surface area contributed by atoms with E-state index in [1.165, 1.54) is 0 Å². The highest BCUT2D eigenvalue weighted by Crippen LogP contribution is 2.22. The normalized spacial score (nSPS) is 11.8. The lowest BCUT2D eigenvalue weighted by Crippen LogP contribution is -2.30. The van der Waals surface area contributed by atoms with E-state index in [1.807, 2.05) is 19.9 Å². The molecule has 1 atom stereocenters. The smallest absolute Gasteiger partial charge is 0.305 e. The van der Waals surface area contributed by atoms with Crippen LogP contribution in [0, 0.1) is 0 Å².